The first-order valence-electron chi connectivity index (χ1n) is 7.13. The Morgan fingerprint density at radius 3 is 2.70 bits per heavy atom. The Hall–Kier alpha value is -1.91. The SMILES string of the molecule is CCC1CCCCC1NC(=O)c1cccc(C(=O)O)n1. The maximum absolute atomic E-state index is 12.2. The van der Waals surface area contributed by atoms with Crippen molar-refractivity contribution < 1.29 is 14.7 Å². The molecule has 0 aliphatic heterocycles. The minimum atomic E-state index is -1.12. The van der Waals surface area contributed by atoms with Gasteiger partial charge in [-0.15, -0.1) is 0 Å². The first kappa shape index (κ1) is 14.5. The van der Waals surface area contributed by atoms with Crippen molar-refractivity contribution in [3.63, 3.8) is 0 Å². The molecule has 1 heterocycles. The summed E-state index contributed by atoms with van der Waals surface area (Å²) in [7, 11) is 0. The van der Waals surface area contributed by atoms with Gasteiger partial charge in [0.1, 0.15) is 11.4 Å². The quantitative estimate of drug-likeness (QED) is 0.885. The number of aromatic carboxylic acids is 1. The molecule has 108 valence electrons. The van der Waals surface area contributed by atoms with E-state index in [9.17, 15) is 9.59 Å². The number of aromatic nitrogens is 1. The lowest BCUT2D eigenvalue weighted by atomic mass is 9.83. The number of hydrogen-bond acceptors (Lipinski definition) is 3. The Morgan fingerprint density at radius 1 is 1.30 bits per heavy atom. The van der Waals surface area contributed by atoms with E-state index in [1.807, 2.05) is 0 Å². The predicted octanol–water partition coefficient (Wildman–Crippen LogP) is 2.48. The average Bonchev–Trinajstić information content (AvgIpc) is 2.48. The second kappa shape index (κ2) is 6.50. The zero-order valence-electron chi connectivity index (χ0n) is 11.6. The van der Waals surface area contributed by atoms with Crippen LogP contribution in [0.5, 0.6) is 0 Å². The largest absolute Gasteiger partial charge is 0.477 e. The van der Waals surface area contributed by atoms with Crippen molar-refractivity contribution >= 4 is 11.9 Å². The predicted molar refractivity (Wildman–Crippen MR) is 74.7 cm³/mol. The van der Waals surface area contributed by atoms with E-state index in [4.69, 9.17) is 5.11 Å². The fourth-order valence-electron chi connectivity index (χ4n) is 2.81. The lowest BCUT2D eigenvalue weighted by Gasteiger charge is -2.31. The van der Waals surface area contributed by atoms with Crippen molar-refractivity contribution in [2.45, 2.75) is 45.1 Å². The molecule has 1 saturated carbocycles. The van der Waals surface area contributed by atoms with Crippen LogP contribution >= 0.6 is 0 Å². The molecule has 0 aromatic carbocycles. The standard InChI is InChI=1S/C15H20N2O3/c1-2-10-6-3-4-7-11(10)17-14(18)12-8-5-9-13(16-12)15(19)20/h5,8-11H,2-4,6-7H2,1H3,(H,17,18)(H,19,20). The highest BCUT2D eigenvalue weighted by molar-refractivity contribution is 5.94. The number of pyridine rings is 1. The zero-order valence-corrected chi connectivity index (χ0v) is 11.6. The van der Waals surface area contributed by atoms with Gasteiger partial charge in [0.25, 0.3) is 5.91 Å². The molecule has 1 aromatic heterocycles. The third-order valence-corrected chi connectivity index (χ3v) is 3.95. The molecule has 2 unspecified atom stereocenters. The van der Waals surface area contributed by atoms with Gasteiger partial charge < -0.3 is 10.4 Å². The highest BCUT2D eigenvalue weighted by Gasteiger charge is 2.25. The van der Waals surface area contributed by atoms with E-state index < -0.39 is 5.97 Å². The van der Waals surface area contributed by atoms with Crippen molar-refractivity contribution in [1.29, 1.82) is 0 Å². The van der Waals surface area contributed by atoms with Crippen LogP contribution in [0.15, 0.2) is 18.2 Å². The summed E-state index contributed by atoms with van der Waals surface area (Å²) >= 11 is 0. The third kappa shape index (κ3) is 3.35. The summed E-state index contributed by atoms with van der Waals surface area (Å²) in [5.41, 5.74) is 0.0682. The van der Waals surface area contributed by atoms with Crippen LogP contribution in [0.3, 0.4) is 0 Å². The van der Waals surface area contributed by atoms with E-state index in [1.54, 1.807) is 12.1 Å². The molecule has 0 radical (unpaired) electrons. The summed E-state index contributed by atoms with van der Waals surface area (Å²) in [6, 6.07) is 4.65. The fourth-order valence-corrected chi connectivity index (χ4v) is 2.81. The number of carboxylic acid groups (broad SMARTS) is 1. The van der Waals surface area contributed by atoms with Crippen molar-refractivity contribution in [2.24, 2.45) is 5.92 Å². The van der Waals surface area contributed by atoms with Gasteiger partial charge in [-0.1, -0.05) is 32.3 Å². The average molecular weight is 276 g/mol. The molecule has 5 heteroatoms. The van der Waals surface area contributed by atoms with Gasteiger partial charge in [-0.3, -0.25) is 4.79 Å². The normalized spacial score (nSPS) is 22.2. The number of carbonyl (C=O) groups excluding carboxylic acids is 1. The molecule has 5 nitrogen and oxygen atoms in total. The van der Waals surface area contributed by atoms with Gasteiger partial charge in [-0.25, -0.2) is 9.78 Å². The van der Waals surface area contributed by atoms with Crippen LogP contribution in [-0.2, 0) is 0 Å². The van der Waals surface area contributed by atoms with Crippen LogP contribution in [0.25, 0.3) is 0 Å². The van der Waals surface area contributed by atoms with Crippen molar-refractivity contribution in [1.82, 2.24) is 10.3 Å². The number of nitrogens with one attached hydrogen (secondary N) is 1. The first-order chi connectivity index (χ1) is 9.61. The Balaban J connectivity index is 2.07. The van der Waals surface area contributed by atoms with E-state index in [1.165, 1.54) is 12.5 Å². The molecule has 1 aromatic rings. The minimum Gasteiger partial charge on any atom is -0.477 e. The topological polar surface area (TPSA) is 79.3 Å². The second-order valence-corrected chi connectivity index (χ2v) is 5.25. The molecule has 1 fully saturated rings. The molecule has 1 aliphatic rings. The van der Waals surface area contributed by atoms with Crippen molar-refractivity contribution in [2.75, 3.05) is 0 Å². The number of rotatable bonds is 4. The highest BCUT2D eigenvalue weighted by Crippen LogP contribution is 2.26. The molecule has 1 amide bonds. The number of carbonyl (C=O) groups is 2. The van der Waals surface area contributed by atoms with Crippen LogP contribution in [0.2, 0.25) is 0 Å². The number of hydrogen-bond donors (Lipinski definition) is 2. The molecule has 2 atom stereocenters. The van der Waals surface area contributed by atoms with Gasteiger partial charge in [0.15, 0.2) is 0 Å². The summed E-state index contributed by atoms with van der Waals surface area (Å²) in [5, 5.41) is 11.9. The molecule has 0 bridgehead atoms. The van der Waals surface area contributed by atoms with Gasteiger partial charge in [-0.2, -0.15) is 0 Å². The Morgan fingerprint density at radius 2 is 2.00 bits per heavy atom. The van der Waals surface area contributed by atoms with Crippen LogP contribution in [0, 0.1) is 5.92 Å². The number of amides is 1. The second-order valence-electron chi connectivity index (χ2n) is 5.25. The van der Waals surface area contributed by atoms with E-state index in [0.717, 1.165) is 25.7 Å². The monoisotopic (exact) mass is 276 g/mol. The molecule has 1 aliphatic carbocycles. The Labute approximate surface area is 118 Å². The molecular formula is C15H20N2O3. The fraction of sp³-hybridized carbons (Fsp3) is 0.533. The van der Waals surface area contributed by atoms with E-state index in [2.05, 4.69) is 17.2 Å². The number of carboxylic acids is 1. The van der Waals surface area contributed by atoms with E-state index in [0.29, 0.717) is 5.92 Å². The molecular weight excluding hydrogens is 256 g/mol. The molecule has 0 spiro atoms. The molecule has 2 N–H and O–H groups in total. The zero-order chi connectivity index (χ0) is 14.5. The summed E-state index contributed by atoms with van der Waals surface area (Å²) in [5.74, 6) is -0.891. The number of nitrogens with zero attached hydrogens (tertiary/aromatic N) is 1. The molecule has 2 rings (SSSR count). The summed E-state index contributed by atoms with van der Waals surface area (Å²) in [4.78, 5) is 26.9. The van der Waals surface area contributed by atoms with Crippen LogP contribution < -0.4 is 5.32 Å². The van der Waals surface area contributed by atoms with Gasteiger partial charge in [0, 0.05) is 6.04 Å². The van der Waals surface area contributed by atoms with Gasteiger partial charge in [-0.05, 0) is 30.9 Å². The van der Waals surface area contributed by atoms with Gasteiger partial charge >= 0.3 is 5.97 Å². The lowest BCUT2D eigenvalue weighted by molar-refractivity contribution is 0.0690. The van der Waals surface area contributed by atoms with Crippen LogP contribution in [-0.4, -0.2) is 28.0 Å². The summed E-state index contributed by atoms with van der Waals surface area (Å²) in [6.45, 7) is 2.14. The summed E-state index contributed by atoms with van der Waals surface area (Å²) in [6.07, 6.45) is 5.53. The maximum Gasteiger partial charge on any atom is 0.354 e. The van der Waals surface area contributed by atoms with E-state index >= 15 is 0 Å². The van der Waals surface area contributed by atoms with Crippen molar-refractivity contribution in [3.05, 3.63) is 29.6 Å². The van der Waals surface area contributed by atoms with Crippen LogP contribution in [0.4, 0.5) is 0 Å². The summed E-state index contributed by atoms with van der Waals surface area (Å²) < 4.78 is 0. The third-order valence-electron chi connectivity index (χ3n) is 3.95. The highest BCUT2D eigenvalue weighted by atomic mass is 16.4. The Kier molecular flexibility index (Phi) is 4.71. The maximum atomic E-state index is 12.2. The van der Waals surface area contributed by atoms with Crippen LogP contribution in [0.1, 0.15) is 60.0 Å². The smallest absolute Gasteiger partial charge is 0.354 e. The minimum absolute atomic E-state index is 0.103. The molecule has 0 saturated heterocycles. The Bertz CT molecular complexity index is 502. The lowest BCUT2D eigenvalue weighted by Crippen LogP contribution is -2.42. The van der Waals surface area contributed by atoms with Crippen molar-refractivity contribution in [3.8, 4) is 0 Å². The van der Waals surface area contributed by atoms with Gasteiger partial charge in [0.2, 0.25) is 0 Å². The van der Waals surface area contributed by atoms with Gasteiger partial charge in [0.05, 0.1) is 0 Å². The first-order valence-corrected chi connectivity index (χ1v) is 7.13. The molecule has 20 heavy (non-hydrogen) atoms. The van der Waals surface area contributed by atoms with E-state index in [-0.39, 0.29) is 23.3 Å².